The molecule has 0 bridgehead atoms. The van der Waals surface area contributed by atoms with Gasteiger partial charge in [-0.15, -0.1) is 0 Å². The maximum Gasteiger partial charge on any atom is 0.133 e. The van der Waals surface area contributed by atoms with Crippen molar-refractivity contribution < 1.29 is 4.74 Å². The fourth-order valence-electron chi connectivity index (χ4n) is 1.66. The first-order valence-corrected chi connectivity index (χ1v) is 7.43. The Kier molecular flexibility index (Phi) is 6.08. The second-order valence-corrected chi connectivity index (χ2v) is 6.51. The molecule has 0 aliphatic heterocycles. The van der Waals surface area contributed by atoms with E-state index in [0.29, 0.717) is 0 Å². The summed E-state index contributed by atoms with van der Waals surface area (Å²) >= 11 is 3.52. The lowest BCUT2D eigenvalue weighted by Crippen LogP contribution is -2.36. The van der Waals surface area contributed by atoms with Crippen LogP contribution in [-0.4, -0.2) is 19.2 Å². The number of rotatable bonds is 5. The number of hydrogen-bond donors (Lipinski definition) is 1. The predicted octanol–water partition coefficient (Wildman–Crippen LogP) is 4.64. The highest BCUT2D eigenvalue weighted by molar-refractivity contribution is 9.10. The summed E-state index contributed by atoms with van der Waals surface area (Å²) in [4.78, 5) is 0. The van der Waals surface area contributed by atoms with Gasteiger partial charge in [0, 0.05) is 12.1 Å². The van der Waals surface area contributed by atoms with Crippen LogP contribution in [0.3, 0.4) is 0 Å². The number of nitrogens with one attached hydrogen (secondary N) is 1. The van der Waals surface area contributed by atoms with Crippen LogP contribution in [0, 0.1) is 0 Å². The van der Waals surface area contributed by atoms with E-state index in [4.69, 9.17) is 4.74 Å². The van der Waals surface area contributed by atoms with Gasteiger partial charge in [0.2, 0.25) is 0 Å². The summed E-state index contributed by atoms with van der Waals surface area (Å²) in [5.74, 6) is 0.864. The van der Waals surface area contributed by atoms with Crippen molar-refractivity contribution in [3.05, 3.63) is 33.8 Å². The standard InChI is InChI=1S/C16H24BrNO/c1-6-12(11-18-16(2,3)4)9-13-7-8-15(19-5)14(17)10-13/h7-10,18H,6,11H2,1-5H3. The van der Waals surface area contributed by atoms with Crippen LogP contribution >= 0.6 is 15.9 Å². The summed E-state index contributed by atoms with van der Waals surface area (Å²) in [6.45, 7) is 9.66. The van der Waals surface area contributed by atoms with Gasteiger partial charge >= 0.3 is 0 Å². The van der Waals surface area contributed by atoms with Gasteiger partial charge in [-0.3, -0.25) is 0 Å². The van der Waals surface area contributed by atoms with Crippen molar-refractivity contribution in [2.24, 2.45) is 0 Å². The Morgan fingerprint density at radius 3 is 2.53 bits per heavy atom. The van der Waals surface area contributed by atoms with Crippen LogP contribution in [0.25, 0.3) is 6.08 Å². The van der Waals surface area contributed by atoms with E-state index in [1.807, 2.05) is 6.07 Å². The highest BCUT2D eigenvalue weighted by Crippen LogP contribution is 2.26. The molecule has 0 fully saturated rings. The van der Waals surface area contributed by atoms with E-state index < -0.39 is 0 Å². The van der Waals surface area contributed by atoms with Crippen molar-refractivity contribution in [2.45, 2.75) is 39.7 Å². The van der Waals surface area contributed by atoms with E-state index in [-0.39, 0.29) is 5.54 Å². The molecule has 0 heterocycles. The summed E-state index contributed by atoms with van der Waals surface area (Å²) in [5.41, 5.74) is 2.74. The average molecular weight is 326 g/mol. The number of methoxy groups -OCH3 is 1. The fourth-order valence-corrected chi connectivity index (χ4v) is 2.22. The van der Waals surface area contributed by atoms with Gasteiger partial charge in [-0.25, -0.2) is 0 Å². The van der Waals surface area contributed by atoms with Crippen LogP contribution in [0.4, 0.5) is 0 Å². The zero-order chi connectivity index (χ0) is 14.5. The molecule has 0 atom stereocenters. The van der Waals surface area contributed by atoms with E-state index in [9.17, 15) is 0 Å². The lowest BCUT2D eigenvalue weighted by molar-refractivity contribution is 0.412. The lowest BCUT2D eigenvalue weighted by Gasteiger charge is -2.21. The molecule has 0 saturated carbocycles. The Hall–Kier alpha value is -0.800. The smallest absolute Gasteiger partial charge is 0.133 e. The van der Waals surface area contributed by atoms with E-state index in [2.05, 4.69) is 67.2 Å². The predicted molar refractivity (Wildman–Crippen MR) is 86.7 cm³/mol. The molecule has 3 heteroatoms. The number of ether oxygens (including phenoxy) is 1. The minimum absolute atomic E-state index is 0.148. The third-order valence-electron chi connectivity index (χ3n) is 2.85. The molecular weight excluding hydrogens is 302 g/mol. The zero-order valence-electron chi connectivity index (χ0n) is 12.5. The molecule has 0 unspecified atom stereocenters. The molecule has 0 saturated heterocycles. The largest absolute Gasteiger partial charge is 0.496 e. The molecule has 1 N–H and O–H groups in total. The summed E-state index contributed by atoms with van der Waals surface area (Å²) in [7, 11) is 1.68. The SMILES string of the molecule is CCC(=Cc1ccc(OC)c(Br)c1)CNC(C)(C)C. The van der Waals surface area contributed by atoms with E-state index >= 15 is 0 Å². The van der Waals surface area contributed by atoms with E-state index in [1.54, 1.807) is 7.11 Å². The van der Waals surface area contributed by atoms with Crippen molar-refractivity contribution in [3.8, 4) is 5.75 Å². The maximum atomic E-state index is 5.24. The van der Waals surface area contributed by atoms with Crippen molar-refractivity contribution >= 4 is 22.0 Å². The Bertz CT molecular complexity index is 447. The molecule has 0 aliphatic rings. The van der Waals surface area contributed by atoms with Gasteiger partial charge in [0.1, 0.15) is 5.75 Å². The second-order valence-electron chi connectivity index (χ2n) is 5.65. The van der Waals surface area contributed by atoms with Crippen molar-refractivity contribution in [1.82, 2.24) is 5.32 Å². The molecular formula is C16H24BrNO. The molecule has 2 nitrogen and oxygen atoms in total. The Morgan fingerprint density at radius 2 is 2.05 bits per heavy atom. The van der Waals surface area contributed by atoms with Gasteiger partial charge in [0.15, 0.2) is 0 Å². The molecule has 1 aromatic carbocycles. The Morgan fingerprint density at radius 1 is 1.37 bits per heavy atom. The van der Waals surface area contributed by atoms with Crippen molar-refractivity contribution in [1.29, 1.82) is 0 Å². The van der Waals surface area contributed by atoms with Gasteiger partial charge in [-0.05, 0) is 60.8 Å². The third kappa shape index (κ3) is 5.79. The Labute approximate surface area is 125 Å². The topological polar surface area (TPSA) is 21.3 Å². The molecule has 1 rings (SSSR count). The lowest BCUT2D eigenvalue weighted by atomic mass is 10.1. The Balaban J connectivity index is 2.83. The van der Waals surface area contributed by atoms with Crippen LogP contribution < -0.4 is 10.1 Å². The van der Waals surface area contributed by atoms with Crippen molar-refractivity contribution in [3.63, 3.8) is 0 Å². The second kappa shape index (κ2) is 7.11. The highest BCUT2D eigenvalue weighted by atomic mass is 79.9. The van der Waals surface area contributed by atoms with Crippen LogP contribution in [0.2, 0.25) is 0 Å². The van der Waals surface area contributed by atoms with Gasteiger partial charge < -0.3 is 10.1 Å². The first kappa shape index (κ1) is 16.3. The minimum atomic E-state index is 0.148. The summed E-state index contributed by atoms with van der Waals surface area (Å²) < 4.78 is 6.23. The van der Waals surface area contributed by atoms with Crippen LogP contribution in [0.1, 0.15) is 39.7 Å². The third-order valence-corrected chi connectivity index (χ3v) is 3.47. The molecule has 0 amide bonds. The van der Waals surface area contributed by atoms with Crippen LogP contribution in [-0.2, 0) is 0 Å². The molecule has 0 aromatic heterocycles. The first-order chi connectivity index (χ1) is 8.85. The van der Waals surface area contributed by atoms with E-state index in [0.717, 1.165) is 23.2 Å². The van der Waals surface area contributed by atoms with E-state index in [1.165, 1.54) is 11.1 Å². The summed E-state index contributed by atoms with van der Waals surface area (Å²) in [6, 6.07) is 6.16. The molecule has 19 heavy (non-hydrogen) atoms. The summed E-state index contributed by atoms with van der Waals surface area (Å²) in [6.07, 6.45) is 3.29. The van der Waals surface area contributed by atoms with Gasteiger partial charge in [-0.2, -0.15) is 0 Å². The highest BCUT2D eigenvalue weighted by Gasteiger charge is 2.09. The summed E-state index contributed by atoms with van der Waals surface area (Å²) in [5, 5.41) is 3.53. The minimum Gasteiger partial charge on any atom is -0.496 e. The number of halogens is 1. The average Bonchev–Trinajstić information content (AvgIpc) is 2.33. The number of benzene rings is 1. The zero-order valence-corrected chi connectivity index (χ0v) is 14.1. The van der Waals surface area contributed by atoms with Crippen LogP contribution in [0.5, 0.6) is 5.75 Å². The monoisotopic (exact) mass is 325 g/mol. The molecule has 1 aromatic rings. The normalized spacial score (nSPS) is 12.6. The van der Waals surface area contributed by atoms with Gasteiger partial charge in [0.05, 0.1) is 11.6 Å². The number of hydrogen-bond acceptors (Lipinski definition) is 2. The molecule has 0 spiro atoms. The maximum absolute atomic E-state index is 5.24. The quantitative estimate of drug-likeness (QED) is 0.851. The molecule has 0 aliphatic carbocycles. The fraction of sp³-hybridized carbons (Fsp3) is 0.500. The first-order valence-electron chi connectivity index (χ1n) is 6.63. The molecule has 0 radical (unpaired) electrons. The molecule has 106 valence electrons. The van der Waals surface area contributed by atoms with Crippen LogP contribution in [0.15, 0.2) is 28.2 Å². The van der Waals surface area contributed by atoms with Gasteiger partial charge in [-0.1, -0.05) is 24.6 Å². The van der Waals surface area contributed by atoms with Crippen molar-refractivity contribution in [2.75, 3.05) is 13.7 Å². The van der Waals surface area contributed by atoms with Gasteiger partial charge in [0.25, 0.3) is 0 Å².